The second kappa shape index (κ2) is 6.58. The van der Waals surface area contributed by atoms with Gasteiger partial charge in [0.2, 0.25) is 11.6 Å². The molecular formula is C17H20FN3O2. The van der Waals surface area contributed by atoms with Crippen LogP contribution in [-0.2, 0) is 4.74 Å². The lowest BCUT2D eigenvalue weighted by molar-refractivity contribution is 0.0882. The minimum Gasteiger partial charge on any atom is -0.385 e. The second-order valence-corrected chi connectivity index (χ2v) is 5.91. The van der Waals surface area contributed by atoms with E-state index in [1.165, 1.54) is 0 Å². The molecule has 0 saturated carbocycles. The average Bonchev–Trinajstić information content (AvgIpc) is 3.13. The number of rotatable bonds is 6. The van der Waals surface area contributed by atoms with Gasteiger partial charge >= 0.3 is 0 Å². The van der Waals surface area contributed by atoms with Crippen LogP contribution in [0.2, 0.25) is 0 Å². The molecule has 0 N–H and O–H groups in total. The molecule has 1 aromatic carbocycles. The van der Waals surface area contributed by atoms with E-state index in [9.17, 15) is 9.18 Å². The van der Waals surface area contributed by atoms with E-state index in [4.69, 9.17) is 4.74 Å². The number of fused-ring (bicyclic) bond motifs is 1. The Morgan fingerprint density at radius 3 is 2.87 bits per heavy atom. The van der Waals surface area contributed by atoms with Crippen molar-refractivity contribution in [2.24, 2.45) is 5.92 Å². The Balaban J connectivity index is 1.86. The molecule has 0 aliphatic carbocycles. The molecule has 2 heterocycles. The third-order valence-electron chi connectivity index (χ3n) is 4.27. The highest BCUT2D eigenvalue weighted by molar-refractivity contribution is 5.94. The normalized spacial score (nSPS) is 21.2. The van der Waals surface area contributed by atoms with Crippen molar-refractivity contribution in [3.63, 3.8) is 0 Å². The maximum atomic E-state index is 14.3. The summed E-state index contributed by atoms with van der Waals surface area (Å²) in [6.45, 7) is 2.31. The monoisotopic (exact) mass is 317 g/mol. The zero-order chi connectivity index (χ0) is 16.4. The van der Waals surface area contributed by atoms with Crippen molar-refractivity contribution in [1.82, 2.24) is 14.8 Å². The lowest BCUT2D eigenvalue weighted by Gasteiger charge is -2.11. The van der Waals surface area contributed by atoms with Gasteiger partial charge in [0.15, 0.2) is 12.0 Å². The minimum absolute atomic E-state index is 0.104. The van der Waals surface area contributed by atoms with Gasteiger partial charge in [-0.3, -0.25) is 4.79 Å². The molecule has 1 aliphatic heterocycles. The Kier molecular flexibility index (Phi) is 4.52. The van der Waals surface area contributed by atoms with Crippen molar-refractivity contribution in [3.05, 3.63) is 47.5 Å². The third kappa shape index (κ3) is 3.03. The molecule has 122 valence electrons. The molecule has 0 bridgehead atoms. The van der Waals surface area contributed by atoms with E-state index in [-0.39, 0.29) is 29.4 Å². The number of ketones is 1. The number of carbonyl (C=O) groups is 1. The fraction of sp³-hybridized carbons (Fsp3) is 0.471. The van der Waals surface area contributed by atoms with Gasteiger partial charge in [0.25, 0.3) is 0 Å². The zero-order valence-electron chi connectivity index (χ0n) is 13.3. The summed E-state index contributed by atoms with van der Waals surface area (Å²) in [6.07, 6.45) is -0.281. The average molecular weight is 317 g/mol. The largest absolute Gasteiger partial charge is 0.385 e. The maximum absolute atomic E-state index is 14.3. The van der Waals surface area contributed by atoms with Crippen LogP contribution >= 0.6 is 0 Å². The summed E-state index contributed by atoms with van der Waals surface area (Å²) in [5, 5.41) is 4.30. The molecule has 0 unspecified atom stereocenters. The summed E-state index contributed by atoms with van der Waals surface area (Å²) in [6, 6.07) is 9.42. The zero-order valence-corrected chi connectivity index (χ0v) is 13.3. The van der Waals surface area contributed by atoms with Gasteiger partial charge < -0.3 is 4.74 Å². The minimum atomic E-state index is -1.19. The van der Waals surface area contributed by atoms with Gasteiger partial charge in [-0.25, -0.2) is 14.1 Å². The summed E-state index contributed by atoms with van der Waals surface area (Å²) in [4.78, 5) is 16.6. The van der Waals surface area contributed by atoms with Crippen LogP contribution in [0.1, 0.15) is 54.0 Å². The summed E-state index contributed by atoms with van der Waals surface area (Å²) in [5.41, 5.74) is 0.977. The first-order valence-electron chi connectivity index (χ1n) is 7.80. The number of hydrogen-bond donors (Lipinski definition) is 0. The Morgan fingerprint density at radius 1 is 1.43 bits per heavy atom. The van der Waals surface area contributed by atoms with Crippen LogP contribution in [0, 0.1) is 5.92 Å². The van der Waals surface area contributed by atoms with Crippen molar-refractivity contribution in [2.45, 2.75) is 32.0 Å². The SMILES string of the molecule is COCC[C@H](C)C(=O)c1nc2n(n1)[C@H](c1ccccc1)C[C@@H]2F. The number of carbonyl (C=O) groups excluding carboxylic acids is 1. The van der Waals surface area contributed by atoms with Gasteiger partial charge in [0.1, 0.15) is 0 Å². The molecule has 1 aliphatic rings. The van der Waals surface area contributed by atoms with Crippen molar-refractivity contribution in [3.8, 4) is 0 Å². The van der Waals surface area contributed by atoms with Crippen LogP contribution in [0.25, 0.3) is 0 Å². The fourth-order valence-electron chi connectivity index (χ4n) is 2.88. The van der Waals surface area contributed by atoms with Crippen molar-refractivity contribution in [1.29, 1.82) is 0 Å². The van der Waals surface area contributed by atoms with Gasteiger partial charge in [-0.2, -0.15) is 0 Å². The highest BCUT2D eigenvalue weighted by atomic mass is 19.1. The van der Waals surface area contributed by atoms with Crippen LogP contribution in [-0.4, -0.2) is 34.3 Å². The lowest BCUT2D eigenvalue weighted by atomic mass is 10.0. The summed E-state index contributed by atoms with van der Waals surface area (Å²) in [5.74, 6) is -0.0534. The number of benzene rings is 1. The molecule has 3 atom stereocenters. The van der Waals surface area contributed by atoms with E-state index in [2.05, 4.69) is 10.1 Å². The lowest BCUT2D eigenvalue weighted by Crippen LogP contribution is -2.16. The Hall–Kier alpha value is -2.08. The van der Waals surface area contributed by atoms with Crippen molar-refractivity contribution < 1.29 is 13.9 Å². The number of aromatic nitrogens is 3. The molecule has 0 spiro atoms. The van der Waals surface area contributed by atoms with Gasteiger partial charge in [-0.05, 0) is 12.0 Å². The van der Waals surface area contributed by atoms with Crippen LogP contribution in [0.5, 0.6) is 0 Å². The van der Waals surface area contributed by atoms with Crippen LogP contribution in [0.3, 0.4) is 0 Å². The third-order valence-corrected chi connectivity index (χ3v) is 4.27. The van der Waals surface area contributed by atoms with Gasteiger partial charge in [-0.15, -0.1) is 5.10 Å². The first kappa shape index (κ1) is 15.8. The molecule has 2 aromatic rings. The van der Waals surface area contributed by atoms with Gasteiger partial charge in [0, 0.05) is 26.1 Å². The Morgan fingerprint density at radius 2 is 2.17 bits per heavy atom. The van der Waals surface area contributed by atoms with E-state index in [1.54, 1.807) is 11.8 Å². The fourth-order valence-corrected chi connectivity index (χ4v) is 2.88. The van der Waals surface area contributed by atoms with Crippen molar-refractivity contribution in [2.75, 3.05) is 13.7 Å². The smallest absolute Gasteiger partial charge is 0.217 e. The molecule has 0 radical (unpaired) electrons. The number of hydrogen-bond acceptors (Lipinski definition) is 4. The molecule has 23 heavy (non-hydrogen) atoms. The van der Waals surface area contributed by atoms with E-state index >= 15 is 0 Å². The molecule has 1 aromatic heterocycles. The van der Waals surface area contributed by atoms with Crippen LogP contribution in [0.4, 0.5) is 4.39 Å². The van der Waals surface area contributed by atoms with Crippen LogP contribution in [0.15, 0.2) is 30.3 Å². The highest BCUT2D eigenvalue weighted by Gasteiger charge is 2.36. The predicted molar refractivity (Wildman–Crippen MR) is 83.1 cm³/mol. The number of methoxy groups -OCH3 is 1. The highest BCUT2D eigenvalue weighted by Crippen LogP contribution is 2.39. The van der Waals surface area contributed by atoms with Crippen LogP contribution < -0.4 is 0 Å². The Bertz CT molecular complexity index is 686. The predicted octanol–water partition coefficient (Wildman–Crippen LogP) is 3.14. The van der Waals surface area contributed by atoms with E-state index < -0.39 is 6.17 Å². The Labute approximate surface area is 134 Å². The summed E-state index contributed by atoms with van der Waals surface area (Å²) in [7, 11) is 1.60. The number of ether oxygens (including phenoxy) is 1. The van der Waals surface area contributed by atoms with Crippen molar-refractivity contribution >= 4 is 5.78 Å². The first-order chi connectivity index (χ1) is 11.1. The second-order valence-electron chi connectivity index (χ2n) is 5.91. The standard InChI is InChI=1S/C17H20FN3O2/c1-11(8-9-23-2)15(22)16-19-17-13(18)10-14(21(17)20-16)12-6-4-3-5-7-12/h3-7,11,13-14H,8-10H2,1-2H3/t11-,13-,14-/m0/s1. The quantitative estimate of drug-likeness (QED) is 0.768. The van der Waals surface area contributed by atoms with E-state index in [1.807, 2.05) is 37.3 Å². The molecule has 0 saturated heterocycles. The number of Topliss-reactive ketones (excluding diaryl/α,β-unsaturated/α-hetero) is 1. The first-order valence-corrected chi connectivity index (χ1v) is 7.80. The summed E-state index contributed by atoms with van der Waals surface area (Å²) < 4.78 is 20.8. The topological polar surface area (TPSA) is 57.0 Å². The number of alkyl halides is 1. The van der Waals surface area contributed by atoms with Gasteiger partial charge in [-0.1, -0.05) is 37.3 Å². The maximum Gasteiger partial charge on any atom is 0.217 e. The number of halogens is 1. The molecular weight excluding hydrogens is 297 g/mol. The molecule has 0 fully saturated rings. The molecule has 6 heteroatoms. The van der Waals surface area contributed by atoms with E-state index in [0.29, 0.717) is 19.4 Å². The van der Waals surface area contributed by atoms with Gasteiger partial charge in [0.05, 0.1) is 6.04 Å². The van der Waals surface area contributed by atoms with E-state index in [0.717, 1.165) is 5.56 Å². The number of nitrogens with zero attached hydrogens (tertiary/aromatic N) is 3. The molecule has 0 amide bonds. The summed E-state index contributed by atoms with van der Waals surface area (Å²) >= 11 is 0. The molecule has 5 nitrogen and oxygen atoms in total. The molecule has 3 rings (SSSR count).